The van der Waals surface area contributed by atoms with Crippen LogP contribution in [0.3, 0.4) is 0 Å². The fourth-order valence-electron chi connectivity index (χ4n) is 4.82. The van der Waals surface area contributed by atoms with Crippen LogP contribution < -0.4 is 0 Å². The van der Waals surface area contributed by atoms with Crippen LogP contribution in [-0.2, 0) is 20.7 Å². The molecule has 152 valence electrons. The van der Waals surface area contributed by atoms with Crippen molar-refractivity contribution >= 4 is 11.8 Å². The SMILES string of the molecule is COCC(=O)N1[C@H](CO)[C@H](c2ccccc2)C12CN(C(=O)Cc1ccccn1)C2. The maximum absolute atomic E-state index is 12.7. The number of methoxy groups -OCH3 is 1. The van der Waals surface area contributed by atoms with Crippen molar-refractivity contribution in [3.8, 4) is 0 Å². The molecular weight excluding hydrogens is 370 g/mol. The highest BCUT2D eigenvalue weighted by atomic mass is 16.5. The van der Waals surface area contributed by atoms with Gasteiger partial charge in [-0.1, -0.05) is 36.4 Å². The Kier molecular flexibility index (Phi) is 5.34. The van der Waals surface area contributed by atoms with Crippen LogP contribution in [0.25, 0.3) is 0 Å². The number of benzene rings is 1. The van der Waals surface area contributed by atoms with Gasteiger partial charge in [-0.25, -0.2) is 0 Å². The smallest absolute Gasteiger partial charge is 0.249 e. The number of aliphatic hydroxyl groups is 1. The molecule has 2 fully saturated rings. The second-order valence-electron chi connectivity index (χ2n) is 7.69. The molecule has 2 atom stereocenters. The molecular formula is C22H25N3O4. The Hall–Kier alpha value is -2.77. The number of ether oxygens (including phenoxy) is 1. The first-order valence-corrected chi connectivity index (χ1v) is 9.75. The van der Waals surface area contributed by atoms with Crippen molar-refractivity contribution in [2.24, 2.45) is 0 Å². The monoisotopic (exact) mass is 395 g/mol. The van der Waals surface area contributed by atoms with Crippen molar-refractivity contribution in [2.45, 2.75) is 23.9 Å². The van der Waals surface area contributed by atoms with E-state index in [0.29, 0.717) is 13.1 Å². The highest BCUT2D eigenvalue weighted by molar-refractivity contribution is 5.84. The Morgan fingerprint density at radius 3 is 2.48 bits per heavy atom. The number of nitrogens with zero attached hydrogens (tertiary/aromatic N) is 3. The maximum atomic E-state index is 12.7. The molecule has 0 radical (unpaired) electrons. The number of carbonyl (C=O) groups is 2. The first-order valence-electron chi connectivity index (χ1n) is 9.75. The Bertz CT molecular complexity index is 868. The van der Waals surface area contributed by atoms with Gasteiger partial charge in [0.15, 0.2) is 0 Å². The summed E-state index contributed by atoms with van der Waals surface area (Å²) in [7, 11) is 1.48. The number of likely N-dealkylation sites (tertiary alicyclic amines) is 2. The minimum absolute atomic E-state index is 0.00674. The highest BCUT2D eigenvalue weighted by Crippen LogP contribution is 2.53. The highest BCUT2D eigenvalue weighted by Gasteiger charge is 2.67. The van der Waals surface area contributed by atoms with Gasteiger partial charge in [0.2, 0.25) is 11.8 Å². The molecule has 7 heteroatoms. The molecule has 0 aliphatic carbocycles. The summed E-state index contributed by atoms with van der Waals surface area (Å²) in [5.41, 5.74) is 1.31. The average Bonchev–Trinajstić information content (AvgIpc) is 2.68. The third-order valence-electron chi connectivity index (χ3n) is 6.00. The summed E-state index contributed by atoms with van der Waals surface area (Å²) in [6, 6.07) is 15.1. The molecule has 2 aromatic rings. The third kappa shape index (κ3) is 3.30. The summed E-state index contributed by atoms with van der Waals surface area (Å²) in [5, 5.41) is 10.0. The van der Waals surface area contributed by atoms with E-state index in [4.69, 9.17) is 4.74 Å². The molecule has 2 aliphatic heterocycles. The zero-order chi connectivity index (χ0) is 20.4. The number of aromatic nitrogens is 1. The largest absolute Gasteiger partial charge is 0.394 e. The lowest BCUT2D eigenvalue weighted by atomic mass is 9.60. The molecule has 2 aliphatic rings. The standard InChI is InChI=1S/C22H25N3O4/c1-29-13-20(28)25-18(12-26)21(16-7-3-2-4-8-16)22(25)14-24(15-22)19(27)11-17-9-5-6-10-23-17/h2-10,18,21,26H,11-15H2,1H3/t18-,21+/m1/s1. The lowest BCUT2D eigenvalue weighted by molar-refractivity contribution is -0.205. The summed E-state index contributed by atoms with van der Waals surface area (Å²) in [6.45, 7) is 0.731. The first-order chi connectivity index (χ1) is 14.1. The van der Waals surface area contributed by atoms with Crippen molar-refractivity contribution in [1.29, 1.82) is 0 Å². The minimum atomic E-state index is -0.496. The molecule has 0 saturated carbocycles. The number of rotatable bonds is 6. The van der Waals surface area contributed by atoms with E-state index >= 15 is 0 Å². The van der Waals surface area contributed by atoms with Crippen molar-refractivity contribution in [2.75, 3.05) is 33.4 Å². The summed E-state index contributed by atoms with van der Waals surface area (Å²) in [6.07, 6.45) is 1.91. The van der Waals surface area contributed by atoms with Gasteiger partial charge < -0.3 is 19.6 Å². The normalized spacial score (nSPS) is 22.1. The Labute approximate surface area is 169 Å². The maximum Gasteiger partial charge on any atom is 0.249 e. The van der Waals surface area contributed by atoms with Crippen LogP contribution in [0, 0.1) is 0 Å². The van der Waals surface area contributed by atoms with E-state index in [1.807, 2.05) is 48.5 Å². The lowest BCUT2D eigenvalue weighted by Crippen LogP contribution is -2.86. The Balaban J connectivity index is 1.55. The number of aliphatic hydroxyl groups excluding tert-OH is 1. The molecule has 0 bridgehead atoms. The third-order valence-corrected chi connectivity index (χ3v) is 6.00. The zero-order valence-electron chi connectivity index (χ0n) is 16.4. The molecule has 1 N–H and O–H groups in total. The van der Waals surface area contributed by atoms with Crippen molar-refractivity contribution in [3.63, 3.8) is 0 Å². The van der Waals surface area contributed by atoms with Gasteiger partial charge in [-0.3, -0.25) is 14.6 Å². The fraction of sp³-hybridized carbons (Fsp3) is 0.409. The van der Waals surface area contributed by atoms with E-state index in [9.17, 15) is 14.7 Å². The van der Waals surface area contributed by atoms with Gasteiger partial charge in [0.25, 0.3) is 0 Å². The molecule has 1 aromatic carbocycles. The van der Waals surface area contributed by atoms with E-state index in [-0.39, 0.29) is 43.4 Å². The summed E-state index contributed by atoms with van der Waals surface area (Å²) in [5.74, 6) is -0.184. The summed E-state index contributed by atoms with van der Waals surface area (Å²) < 4.78 is 5.05. The average molecular weight is 395 g/mol. The molecule has 4 rings (SSSR count). The first kappa shape index (κ1) is 19.5. The van der Waals surface area contributed by atoms with Gasteiger partial charge in [0, 0.05) is 38.0 Å². The van der Waals surface area contributed by atoms with Crippen LogP contribution in [0.4, 0.5) is 0 Å². The lowest BCUT2D eigenvalue weighted by Gasteiger charge is -2.70. The fourth-order valence-corrected chi connectivity index (χ4v) is 4.82. The molecule has 2 amide bonds. The topological polar surface area (TPSA) is 83.0 Å². The van der Waals surface area contributed by atoms with Gasteiger partial charge in [-0.2, -0.15) is 0 Å². The Morgan fingerprint density at radius 1 is 1.14 bits per heavy atom. The van der Waals surface area contributed by atoms with Gasteiger partial charge in [0.05, 0.1) is 24.6 Å². The van der Waals surface area contributed by atoms with E-state index in [1.165, 1.54) is 7.11 Å². The van der Waals surface area contributed by atoms with E-state index in [1.54, 1.807) is 16.0 Å². The van der Waals surface area contributed by atoms with E-state index in [2.05, 4.69) is 4.98 Å². The van der Waals surface area contributed by atoms with Gasteiger partial charge in [-0.05, 0) is 17.7 Å². The molecule has 3 heterocycles. The molecule has 29 heavy (non-hydrogen) atoms. The second-order valence-corrected chi connectivity index (χ2v) is 7.69. The van der Waals surface area contributed by atoms with Crippen LogP contribution in [-0.4, -0.2) is 76.7 Å². The van der Waals surface area contributed by atoms with Crippen molar-refractivity contribution < 1.29 is 19.4 Å². The predicted octanol–water partition coefficient (Wildman–Crippen LogP) is 0.838. The number of amides is 2. The van der Waals surface area contributed by atoms with Crippen molar-refractivity contribution in [1.82, 2.24) is 14.8 Å². The van der Waals surface area contributed by atoms with Crippen LogP contribution in [0.2, 0.25) is 0 Å². The molecule has 0 unspecified atom stereocenters. The van der Waals surface area contributed by atoms with Crippen molar-refractivity contribution in [3.05, 3.63) is 66.0 Å². The molecule has 1 aromatic heterocycles. The van der Waals surface area contributed by atoms with Crippen LogP contribution in [0.15, 0.2) is 54.7 Å². The second kappa shape index (κ2) is 7.93. The molecule has 7 nitrogen and oxygen atoms in total. The quantitative estimate of drug-likeness (QED) is 0.784. The van der Waals surface area contributed by atoms with Gasteiger partial charge in [-0.15, -0.1) is 0 Å². The summed E-state index contributed by atoms with van der Waals surface area (Å²) in [4.78, 5) is 33.2. The van der Waals surface area contributed by atoms with E-state index in [0.717, 1.165) is 11.3 Å². The van der Waals surface area contributed by atoms with Gasteiger partial charge in [0.1, 0.15) is 6.61 Å². The van der Waals surface area contributed by atoms with Crippen LogP contribution >= 0.6 is 0 Å². The van der Waals surface area contributed by atoms with Gasteiger partial charge >= 0.3 is 0 Å². The van der Waals surface area contributed by atoms with Crippen LogP contribution in [0.1, 0.15) is 17.2 Å². The van der Waals surface area contributed by atoms with E-state index < -0.39 is 5.54 Å². The summed E-state index contributed by atoms with van der Waals surface area (Å²) >= 11 is 0. The Morgan fingerprint density at radius 2 is 1.86 bits per heavy atom. The predicted molar refractivity (Wildman–Crippen MR) is 106 cm³/mol. The number of pyridine rings is 1. The number of hydrogen-bond acceptors (Lipinski definition) is 5. The molecule has 1 spiro atoms. The van der Waals surface area contributed by atoms with Crippen LogP contribution in [0.5, 0.6) is 0 Å². The zero-order valence-corrected chi connectivity index (χ0v) is 16.4. The number of hydrogen-bond donors (Lipinski definition) is 1. The molecule has 2 saturated heterocycles. The minimum Gasteiger partial charge on any atom is -0.394 e. The number of carbonyl (C=O) groups excluding carboxylic acids is 2.